The fourth-order valence-electron chi connectivity index (χ4n) is 2.98. The minimum Gasteiger partial charge on any atom is -0.351 e. The van der Waals surface area contributed by atoms with Crippen molar-refractivity contribution in [2.75, 3.05) is 18.4 Å². The van der Waals surface area contributed by atoms with Gasteiger partial charge in [-0.25, -0.2) is 4.79 Å². The molecule has 1 aliphatic rings. The van der Waals surface area contributed by atoms with Gasteiger partial charge in [-0.15, -0.1) is 11.3 Å². The van der Waals surface area contributed by atoms with Crippen molar-refractivity contribution in [3.8, 4) is 10.4 Å². The first-order valence-electron chi connectivity index (χ1n) is 8.63. The van der Waals surface area contributed by atoms with Gasteiger partial charge in [0, 0.05) is 10.9 Å². The molecule has 2 aromatic rings. The van der Waals surface area contributed by atoms with E-state index in [0.29, 0.717) is 10.4 Å². The van der Waals surface area contributed by atoms with Crippen LogP contribution in [0.3, 0.4) is 0 Å². The lowest BCUT2D eigenvalue weighted by atomic mass is 10.1. The average molecular weight is 412 g/mol. The molecule has 1 aliphatic heterocycles. The number of thiophene rings is 1. The summed E-state index contributed by atoms with van der Waals surface area (Å²) in [7, 11) is 0. The predicted octanol–water partition coefficient (Wildman–Crippen LogP) is 3.41. The first kappa shape index (κ1) is 20.2. The minimum atomic E-state index is -4.48. The molecule has 1 saturated heterocycles. The summed E-state index contributed by atoms with van der Waals surface area (Å²) in [5, 5.41) is 8.69. The molecule has 10 heteroatoms. The number of benzene rings is 1. The smallest absolute Gasteiger partial charge is 0.351 e. The van der Waals surface area contributed by atoms with E-state index in [1.165, 1.54) is 18.2 Å². The number of primary amides is 1. The molecule has 150 valence electrons. The first-order valence-corrected chi connectivity index (χ1v) is 9.45. The number of amides is 3. The summed E-state index contributed by atoms with van der Waals surface area (Å²) in [6.07, 6.45) is -2.93. The number of alkyl halides is 3. The molecule has 28 heavy (non-hydrogen) atoms. The summed E-state index contributed by atoms with van der Waals surface area (Å²) in [4.78, 5) is 24.4. The summed E-state index contributed by atoms with van der Waals surface area (Å²) < 4.78 is 39.0. The topological polar surface area (TPSA) is 96.2 Å². The van der Waals surface area contributed by atoms with Gasteiger partial charge >= 0.3 is 12.2 Å². The van der Waals surface area contributed by atoms with Crippen molar-refractivity contribution in [3.05, 3.63) is 41.5 Å². The highest BCUT2D eigenvalue weighted by atomic mass is 32.1. The van der Waals surface area contributed by atoms with Gasteiger partial charge in [0.05, 0.1) is 11.1 Å². The third-order valence-electron chi connectivity index (χ3n) is 4.36. The molecule has 1 fully saturated rings. The van der Waals surface area contributed by atoms with Crippen molar-refractivity contribution in [1.29, 1.82) is 0 Å². The molecule has 5 N–H and O–H groups in total. The molecule has 0 radical (unpaired) electrons. The van der Waals surface area contributed by atoms with Gasteiger partial charge in [0.2, 0.25) is 0 Å². The van der Waals surface area contributed by atoms with Crippen molar-refractivity contribution in [1.82, 2.24) is 10.6 Å². The quantitative estimate of drug-likeness (QED) is 0.620. The predicted molar refractivity (Wildman–Crippen MR) is 101 cm³/mol. The minimum absolute atomic E-state index is 0.00733. The van der Waals surface area contributed by atoms with Crippen molar-refractivity contribution >= 4 is 28.3 Å². The number of urea groups is 1. The van der Waals surface area contributed by atoms with Gasteiger partial charge in [-0.05, 0) is 49.7 Å². The number of hydrogen-bond acceptors (Lipinski definition) is 4. The summed E-state index contributed by atoms with van der Waals surface area (Å²) in [6.45, 7) is 1.58. The van der Waals surface area contributed by atoms with Gasteiger partial charge in [-0.2, -0.15) is 13.2 Å². The molecule has 0 aliphatic carbocycles. The molecule has 0 spiro atoms. The summed E-state index contributed by atoms with van der Waals surface area (Å²) in [5.74, 6) is -0.398. The van der Waals surface area contributed by atoms with E-state index in [9.17, 15) is 22.8 Å². The normalized spacial score (nSPS) is 15.2. The second kappa shape index (κ2) is 8.19. The number of carbonyl (C=O) groups is 2. The van der Waals surface area contributed by atoms with Crippen LogP contribution < -0.4 is 21.7 Å². The molecule has 0 unspecified atom stereocenters. The average Bonchev–Trinajstić information content (AvgIpc) is 3.05. The van der Waals surface area contributed by atoms with Crippen LogP contribution >= 0.6 is 11.3 Å². The van der Waals surface area contributed by atoms with Crippen molar-refractivity contribution < 1.29 is 22.8 Å². The Hall–Kier alpha value is -2.59. The highest BCUT2D eigenvalue weighted by molar-refractivity contribution is 7.20. The van der Waals surface area contributed by atoms with Crippen molar-refractivity contribution in [2.24, 2.45) is 5.73 Å². The second-order valence-electron chi connectivity index (χ2n) is 6.42. The zero-order chi connectivity index (χ0) is 20.3. The molecule has 0 saturated carbocycles. The Morgan fingerprint density at radius 3 is 2.54 bits per heavy atom. The van der Waals surface area contributed by atoms with Crippen LogP contribution in [-0.4, -0.2) is 31.1 Å². The van der Waals surface area contributed by atoms with Crippen LogP contribution in [0.2, 0.25) is 0 Å². The van der Waals surface area contributed by atoms with Crippen LogP contribution in [-0.2, 0) is 6.18 Å². The van der Waals surface area contributed by atoms with E-state index in [4.69, 9.17) is 5.73 Å². The van der Waals surface area contributed by atoms with Crippen LogP contribution in [0.1, 0.15) is 28.8 Å². The summed E-state index contributed by atoms with van der Waals surface area (Å²) in [5.41, 5.74) is 4.86. The monoisotopic (exact) mass is 412 g/mol. The van der Waals surface area contributed by atoms with E-state index in [2.05, 4.69) is 16.0 Å². The first-order chi connectivity index (χ1) is 13.2. The van der Waals surface area contributed by atoms with Gasteiger partial charge in [-0.1, -0.05) is 12.1 Å². The Labute approximate surface area is 163 Å². The summed E-state index contributed by atoms with van der Waals surface area (Å²) in [6, 6.07) is 5.42. The van der Waals surface area contributed by atoms with E-state index in [1.54, 1.807) is 0 Å². The highest BCUT2D eigenvalue weighted by Crippen LogP contribution is 2.38. The maximum Gasteiger partial charge on any atom is 0.416 e. The van der Waals surface area contributed by atoms with Gasteiger partial charge in [0.15, 0.2) is 0 Å². The molecule has 6 nitrogen and oxygen atoms in total. The Morgan fingerprint density at radius 2 is 1.89 bits per heavy atom. The standard InChI is InChI=1S/C18H19F3N4O2S/c19-18(20,21)11-3-1-2-10(8-11)14-9-13(16(28-14)25-17(22)27)15(26)24-12-4-6-23-7-5-12/h1-3,8-9,12,23H,4-7H2,(H,24,26)(H3,22,25,27). The number of piperidine rings is 1. The third kappa shape index (κ3) is 4.82. The fraction of sp³-hybridized carbons (Fsp3) is 0.333. The molecule has 1 aromatic carbocycles. The SMILES string of the molecule is NC(=O)Nc1sc(-c2cccc(C(F)(F)F)c2)cc1C(=O)NC1CCNCC1. The van der Waals surface area contributed by atoms with Crippen LogP contribution in [0.5, 0.6) is 0 Å². The maximum absolute atomic E-state index is 13.0. The molecule has 3 amide bonds. The molecule has 0 atom stereocenters. The zero-order valence-corrected chi connectivity index (χ0v) is 15.5. The van der Waals surface area contributed by atoms with Gasteiger partial charge in [-0.3, -0.25) is 10.1 Å². The zero-order valence-electron chi connectivity index (χ0n) is 14.7. The van der Waals surface area contributed by atoms with Gasteiger partial charge in [0.25, 0.3) is 5.91 Å². The molecule has 3 rings (SSSR count). The lowest BCUT2D eigenvalue weighted by molar-refractivity contribution is -0.137. The van der Waals surface area contributed by atoms with E-state index in [-0.39, 0.29) is 16.6 Å². The third-order valence-corrected chi connectivity index (χ3v) is 5.46. The fourth-order valence-corrected chi connectivity index (χ4v) is 4.04. The highest BCUT2D eigenvalue weighted by Gasteiger charge is 2.31. The molecule has 0 bridgehead atoms. The van der Waals surface area contributed by atoms with E-state index < -0.39 is 23.7 Å². The number of carbonyl (C=O) groups excluding carboxylic acids is 2. The van der Waals surface area contributed by atoms with E-state index in [1.807, 2.05) is 0 Å². The Balaban J connectivity index is 1.91. The molecule has 1 aromatic heterocycles. The van der Waals surface area contributed by atoms with Crippen molar-refractivity contribution in [2.45, 2.75) is 25.1 Å². The molecular formula is C18H19F3N4O2S. The largest absolute Gasteiger partial charge is 0.416 e. The van der Waals surface area contributed by atoms with E-state index >= 15 is 0 Å². The molecular weight excluding hydrogens is 393 g/mol. The number of anilines is 1. The Bertz CT molecular complexity index is 876. The number of rotatable bonds is 4. The Kier molecular flexibility index (Phi) is 5.90. The van der Waals surface area contributed by atoms with Gasteiger partial charge < -0.3 is 16.4 Å². The van der Waals surface area contributed by atoms with Gasteiger partial charge in [0.1, 0.15) is 5.00 Å². The number of nitrogens with one attached hydrogen (secondary N) is 3. The second-order valence-corrected chi connectivity index (χ2v) is 7.47. The Morgan fingerprint density at radius 1 is 1.18 bits per heavy atom. The number of hydrogen-bond donors (Lipinski definition) is 4. The lowest BCUT2D eigenvalue weighted by Gasteiger charge is -2.23. The lowest BCUT2D eigenvalue weighted by Crippen LogP contribution is -2.42. The molecule has 2 heterocycles. The van der Waals surface area contributed by atoms with Crippen LogP contribution in [0.4, 0.5) is 23.0 Å². The number of halogens is 3. The number of nitrogens with two attached hydrogens (primary N) is 1. The summed E-state index contributed by atoms with van der Waals surface area (Å²) >= 11 is 0.998. The van der Waals surface area contributed by atoms with Crippen LogP contribution in [0.15, 0.2) is 30.3 Å². The van der Waals surface area contributed by atoms with Crippen LogP contribution in [0, 0.1) is 0 Å². The van der Waals surface area contributed by atoms with Crippen molar-refractivity contribution in [3.63, 3.8) is 0 Å². The maximum atomic E-state index is 13.0. The van der Waals surface area contributed by atoms with Crippen LogP contribution in [0.25, 0.3) is 10.4 Å². The van der Waals surface area contributed by atoms with E-state index in [0.717, 1.165) is 49.4 Å².